The number of ether oxygens (including phenoxy) is 2. The van der Waals surface area contributed by atoms with Crippen molar-refractivity contribution in [3.05, 3.63) is 46.6 Å². The van der Waals surface area contributed by atoms with E-state index in [2.05, 4.69) is 20.9 Å². The third-order valence-corrected chi connectivity index (χ3v) is 2.98. The van der Waals surface area contributed by atoms with Crippen LogP contribution in [0.25, 0.3) is 0 Å². The first-order valence-corrected chi connectivity index (χ1v) is 6.78. The third-order valence-electron chi connectivity index (χ3n) is 2.49. The number of benzene rings is 1. The highest BCUT2D eigenvalue weighted by Crippen LogP contribution is 2.32. The van der Waals surface area contributed by atoms with Crippen molar-refractivity contribution in [2.45, 2.75) is 13.5 Å². The molecule has 1 aromatic carbocycles. The first-order chi connectivity index (χ1) is 9.24. The van der Waals surface area contributed by atoms with Crippen molar-refractivity contribution in [1.82, 2.24) is 4.98 Å². The molecule has 0 aliphatic carbocycles. The van der Waals surface area contributed by atoms with E-state index in [1.165, 1.54) is 0 Å². The summed E-state index contributed by atoms with van der Waals surface area (Å²) < 4.78 is 12.2. The second kappa shape index (κ2) is 6.54. The summed E-state index contributed by atoms with van der Waals surface area (Å²) in [6.07, 6.45) is 1.67. The Kier molecular flexibility index (Phi) is 4.76. The number of aromatic nitrogens is 1. The van der Waals surface area contributed by atoms with Crippen LogP contribution in [0.1, 0.15) is 12.5 Å². The first-order valence-electron chi connectivity index (χ1n) is 5.98. The predicted molar refractivity (Wildman–Crippen MR) is 77.5 cm³/mol. The average Bonchev–Trinajstić information content (AvgIpc) is 2.43. The molecule has 0 saturated heterocycles. The van der Waals surface area contributed by atoms with Gasteiger partial charge in [-0.25, -0.2) is 4.98 Å². The molecule has 0 fully saturated rings. The van der Waals surface area contributed by atoms with Gasteiger partial charge in [0.1, 0.15) is 5.75 Å². The molecular formula is C14H15BrN2O2. The zero-order chi connectivity index (χ0) is 13.7. The van der Waals surface area contributed by atoms with E-state index in [-0.39, 0.29) is 0 Å². The molecule has 1 aromatic heterocycles. The molecule has 0 amide bonds. The van der Waals surface area contributed by atoms with Crippen LogP contribution in [0.2, 0.25) is 0 Å². The van der Waals surface area contributed by atoms with Gasteiger partial charge < -0.3 is 15.2 Å². The minimum atomic E-state index is 0.394. The number of hydrogen-bond donors (Lipinski definition) is 1. The highest BCUT2D eigenvalue weighted by Gasteiger charge is 2.10. The summed E-state index contributed by atoms with van der Waals surface area (Å²) in [5.41, 5.74) is 6.62. The van der Waals surface area contributed by atoms with Gasteiger partial charge in [-0.2, -0.15) is 0 Å². The largest absolute Gasteiger partial charge is 0.488 e. The van der Waals surface area contributed by atoms with E-state index < -0.39 is 0 Å². The maximum Gasteiger partial charge on any atom is 0.262 e. The molecule has 0 aliphatic rings. The molecule has 0 saturated carbocycles. The monoisotopic (exact) mass is 322 g/mol. The smallest absolute Gasteiger partial charge is 0.262 e. The number of hydrogen-bond acceptors (Lipinski definition) is 4. The van der Waals surface area contributed by atoms with Crippen LogP contribution in [0.4, 0.5) is 0 Å². The van der Waals surface area contributed by atoms with E-state index in [4.69, 9.17) is 15.2 Å². The summed E-state index contributed by atoms with van der Waals surface area (Å²) in [5.74, 6) is 1.75. The van der Waals surface area contributed by atoms with Crippen molar-refractivity contribution in [3.8, 4) is 17.4 Å². The number of pyridine rings is 1. The van der Waals surface area contributed by atoms with Gasteiger partial charge in [0.15, 0.2) is 5.75 Å². The van der Waals surface area contributed by atoms with Crippen molar-refractivity contribution in [2.75, 3.05) is 6.61 Å². The summed E-state index contributed by atoms with van der Waals surface area (Å²) in [4.78, 5) is 4.19. The zero-order valence-electron chi connectivity index (χ0n) is 10.6. The number of nitrogens with zero attached hydrogens (tertiary/aromatic N) is 1. The molecule has 0 unspecified atom stereocenters. The standard InChI is InChI=1S/C14H15BrN2O2/c1-2-18-13-4-3-7-17-14(13)19-12-6-5-11(15)8-10(12)9-16/h3-8H,2,9,16H2,1H3. The Labute approximate surface area is 120 Å². The molecule has 2 rings (SSSR count). The quantitative estimate of drug-likeness (QED) is 0.915. The van der Waals surface area contributed by atoms with Crippen molar-refractivity contribution in [3.63, 3.8) is 0 Å². The van der Waals surface area contributed by atoms with Crippen LogP contribution < -0.4 is 15.2 Å². The summed E-state index contributed by atoms with van der Waals surface area (Å²) in [6.45, 7) is 2.87. The fourth-order valence-electron chi connectivity index (χ4n) is 1.63. The maximum atomic E-state index is 5.80. The minimum Gasteiger partial charge on any atom is -0.488 e. The molecular weight excluding hydrogens is 308 g/mol. The number of nitrogens with two attached hydrogens (primary N) is 1. The number of rotatable bonds is 5. The Bertz CT molecular complexity index is 561. The van der Waals surface area contributed by atoms with Gasteiger partial charge in [0, 0.05) is 22.8 Å². The highest BCUT2D eigenvalue weighted by molar-refractivity contribution is 9.10. The molecule has 0 aliphatic heterocycles. The second-order valence-corrected chi connectivity index (χ2v) is 4.71. The fraction of sp³-hybridized carbons (Fsp3) is 0.214. The summed E-state index contributed by atoms with van der Waals surface area (Å²) in [5, 5.41) is 0. The summed E-state index contributed by atoms with van der Waals surface area (Å²) in [7, 11) is 0. The van der Waals surface area contributed by atoms with E-state index in [1.807, 2.05) is 37.3 Å². The van der Waals surface area contributed by atoms with Gasteiger partial charge in [-0.3, -0.25) is 0 Å². The Hall–Kier alpha value is -1.59. The molecule has 0 radical (unpaired) electrons. The molecule has 0 atom stereocenters. The van der Waals surface area contributed by atoms with Gasteiger partial charge in [-0.15, -0.1) is 0 Å². The Morgan fingerprint density at radius 3 is 2.84 bits per heavy atom. The SMILES string of the molecule is CCOc1cccnc1Oc1ccc(Br)cc1CN. The molecule has 5 heteroatoms. The number of halogens is 1. The highest BCUT2D eigenvalue weighted by atomic mass is 79.9. The van der Waals surface area contributed by atoms with E-state index in [9.17, 15) is 0 Å². The van der Waals surface area contributed by atoms with E-state index in [1.54, 1.807) is 6.20 Å². The van der Waals surface area contributed by atoms with Crippen molar-refractivity contribution < 1.29 is 9.47 Å². The lowest BCUT2D eigenvalue weighted by atomic mass is 10.2. The maximum absolute atomic E-state index is 5.80. The topological polar surface area (TPSA) is 57.4 Å². The molecule has 1 heterocycles. The van der Waals surface area contributed by atoms with Crippen molar-refractivity contribution >= 4 is 15.9 Å². The molecule has 2 aromatic rings. The lowest BCUT2D eigenvalue weighted by molar-refractivity contribution is 0.316. The molecule has 4 nitrogen and oxygen atoms in total. The predicted octanol–water partition coefficient (Wildman–Crippen LogP) is 3.49. The van der Waals surface area contributed by atoms with Gasteiger partial charge in [0.2, 0.25) is 0 Å². The molecule has 2 N–H and O–H groups in total. The molecule has 0 spiro atoms. The van der Waals surface area contributed by atoms with Crippen LogP contribution in [-0.4, -0.2) is 11.6 Å². The van der Waals surface area contributed by atoms with Gasteiger partial charge >= 0.3 is 0 Å². The fourth-order valence-corrected chi connectivity index (χ4v) is 2.04. The van der Waals surface area contributed by atoms with Crippen LogP contribution in [0, 0.1) is 0 Å². The second-order valence-electron chi connectivity index (χ2n) is 3.80. The molecule has 0 bridgehead atoms. The normalized spacial score (nSPS) is 10.3. The van der Waals surface area contributed by atoms with Crippen LogP contribution >= 0.6 is 15.9 Å². The lowest BCUT2D eigenvalue weighted by Gasteiger charge is -2.12. The molecule has 100 valence electrons. The van der Waals surface area contributed by atoms with Gasteiger partial charge in [-0.1, -0.05) is 15.9 Å². The lowest BCUT2D eigenvalue weighted by Crippen LogP contribution is -2.01. The van der Waals surface area contributed by atoms with Gasteiger partial charge in [-0.05, 0) is 37.3 Å². The van der Waals surface area contributed by atoms with Crippen molar-refractivity contribution in [1.29, 1.82) is 0 Å². The van der Waals surface area contributed by atoms with Crippen LogP contribution in [0.3, 0.4) is 0 Å². The van der Waals surface area contributed by atoms with Crippen molar-refractivity contribution in [2.24, 2.45) is 5.73 Å². The van der Waals surface area contributed by atoms with Gasteiger partial charge in [0.05, 0.1) is 6.61 Å². The van der Waals surface area contributed by atoms with Gasteiger partial charge in [0.25, 0.3) is 5.88 Å². The van der Waals surface area contributed by atoms with E-state index in [0.29, 0.717) is 30.5 Å². The Balaban J connectivity index is 2.30. The first kappa shape index (κ1) is 13.8. The van der Waals surface area contributed by atoms with Crippen LogP contribution in [0.5, 0.6) is 17.4 Å². The molecule has 19 heavy (non-hydrogen) atoms. The van der Waals surface area contributed by atoms with E-state index in [0.717, 1.165) is 10.0 Å². The minimum absolute atomic E-state index is 0.394. The summed E-state index contributed by atoms with van der Waals surface area (Å²) in [6, 6.07) is 9.32. The zero-order valence-corrected chi connectivity index (χ0v) is 12.2. The average molecular weight is 323 g/mol. The van der Waals surface area contributed by atoms with Crippen LogP contribution in [0.15, 0.2) is 41.0 Å². The Morgan fingerprint density at radius 1 is 1.26 bits per heavy atom. The third kappa shape index (κ3) is 3.45. The van der Waals surface area contributed by atoms with Crippen LogP contribution in [-0.2, 0) is 6.54 Å². The van der Waals surface area contributed by atoms with E-state index >= 15 is 0 Å². The summed E-state index contributed by atoms with van der Waals surface area (Å²) >= 11 is 3.41. The Morgan fingerprint density at radius 2 is 2.11 bits per heavy atom.